The fourth-order valence-electron chi connectivity index (χ4n) is 2.41. The molecule has 0 N–H and O–H groups in total. The van der Waals surface area contributed by atoms with Crippen LogP contribution in [0.15, 0.2) is 67.0 Å². The second-order valence-electron chi connectivity index (χ2n) is 5.58. The number of ether oxygens (including phenoxy) is 4. The first kappa shape index (κ1) is 18.3. The number of methoxy groups -OCH3 is 2. The van der Waals surface area contributed by atoms with Crippen LogP contribution in [0.2, 0.25) is 0 Å². The summed E-state index contributed by atoms with van der Waals surface area (Å²) in [6, 6.07) is 15.8. The Hall–Kier alpha value is -3.54. The van der Waals surface area contributed by atoms with Crippen molar-refractivity contribution in [3.63, 3.8) is 0 Å². The first-order valence-electron chi connectivity index (χ1n) is 8.25. The number of para-hydroxylation sites is 1. The van der Waals surface area contributed by atoms with Crippen molar-refractivity contribution >= 4 is 5.97 Å². The highest BCUT2D eigenvalue weighted by molar-refractivity contribution is 5.90. The van der Waals surface area contributed by atoms with Crippen molar-refractivity contribution in [2.75, 3.05) is 14.2 Å². The Morgan fingerprint density at radius 2 is 1.67 bits per heavy atom. The molecule has 3 aromatic rings. The van der Waals surface area contributed by atoms with E-state index in [0.29, 0.717) is 28.6 Å². The molecule has 3 rings (SSSR count). The highest BCUT2D eigenvalue weighted by atomic mass is 16.5. The molecule has 138 valence electrons. The minimum absolute atomic E-state index is 0.0643. The van der Waals surface area contributed by atoms with Crippen LogP contribution >= 0.6 is 0 Å². The molecule has 1 heterocycles. The second-order valence-corrected chi connectivity index (χ2v) is 5.58. The van der Waals surface area contributed by atoms with Gasteiger partial charge >= 0.3 is 5.97 Å². The Morgan fingerprint density at radius 3 is 2.33 bits per heavy atom. The third-order valence-corrected chi connectivity index (χ3v) is 3.78. The van der Waals surface area contributed by atoms with E-state index in [4.69, 9.17) is 18.9 Å². The largest absolute Gasteiger partial charge is 0.497 e. The third kappa shape index (κ3) is 4.76. The summed E-state index contributed by atoms with van der Waals surface area (Å²) in [6.45, 7) is 0.0643. The molecule has 0 amide bonds. The van der Waals surface area contributed by atoms with E-state index in [1.54, 1.807) is 42.7 Å². The van der Waals surface area contributed by atoms with Gasteiger partial charge in [0, 0.05) is 17.8 Å². The molecular formula is C21H19NO5. The minimum Gasteiger partial charge on any atom is -0.497 e. The van der Waals surface area contributed by atoms with E-state index in [9.17, 15) is 4.79 Å². The summed E-state index contributed by atoms with van der Waals surface area (Å²) in [5.41, 5.74) is 1.08. The highest BCUT2D eigenvalue weighted by Gasteiger charge is 2.13. The number of benzene rings is 2. The third-order valence-electron chi connectivity index (χ3n) is 3.78. The van der Waals surface area contributed by atoms with Gasteiger partial charge in [0.05, 0.1) is 26.0 Å². The van der Waals surface area contributed by atoms with Gasteiger partial charge in [0.15, 0.2) is 0 Å². The summed E-state index contributed by atoms with van der Waals surface area (Å²) in [4.78, 5) is 16.5. The quantitative estimate of drug-likeness (QED) is 0.583. The van der Waals surface area contributed by atoms with E-state index in [2.05, 4.69) is 4.98 Å². The van der Waals surface area contributed by atoms with Crippen molar-refractivity contribution in [1.29, 1.82) is 0 Å². The Morgan fingerprint density at radius 1 is 0.926 bits per heavy atom. The number of rotatable bonds is 7. The topological polar surface area (TPSA) is 66.9 Å². The van der Waals surface area contributed by atoms with Gasteiger partial charge in [-0.1, -0.05) is 18.2 Å². The molecule has 0 atom stereocenters. The number of hydrogen-bond donors (Lipinski definition) is 0. The molecule has 0 aliphatic carbocycles. The maximum absolute atomic E-state index is 12.4. The first-order valence-corrected chi connectivity index (χ1v) is 8.25. The van der Waals surface area contributed by atoms with Crippen LogP contribution in [0.3, 0.4) is 0 Å². The maximum Gasteiger partial charge on any atom is 0.338 e. The molecule has 0 unspecified atom stereocenters. The summed E-state index contributed by atoms with van der Waals surface area (Å²) >= 11 is 0. The Bertz CT molecular complexity index is 889. The van der Waals surface area contributed by atoms with Gasteiger partial charge < -0.3 is 18.9 Å². The molecule has 0 bridgehead atoms. The van der Waals surface area contributed by atoms with Gasteiger partial charge in [0.1, 0.15) is 29.6 Å². The van der Waals surface area contributed by atoms with E-state index in [1.807, 2.05) is 24.3 Å². The number of nitrogens with zero attached hydrogens (tertiary/aromatic N) is 1. The molecule has 0 saturated carbocycles. The first-order chi connectivity index (χ1) is 13.2. The predicted molar refractivity (Wildman–Crippen MR) is 99.4 cm³/mol. The van der Waals surface area contributed by atoms with Gasteiger partial charge in [0.2, 0.25) is 0 Å². The molecule has 1 aromatic heterocycles. The van der Waals surface area contributed by atoms with Gasteiger partial charge in [-0.15, -0.1) is 0 Å². The van der Waals surface area contributed by atoms with E-state index in [0.717, 1.165) is 5.56 Å². The SMILES string of the molecule is COc1cc(OC)cc(C(=O)OCc2ccccc2Oc2cccnc2)c1. The van der Waals surface area contributed by atoms with Crippen molar-refractivity contribution in [2.24, 2.45) is 0 Å². The minimum atomic E-state index is -0.483. The molecule has 6 nitrogen and oxygen atoms in total. The average molecular weight is 365 g/mol. The number of carbonyl (C=O) groups is 1. The Balaban J connectivity index is 1.73. The molecule has 0 radical (unpaired) electrons. The van der Waals surface area contributed by atoms with Crippen LogP contribution in [0.5, 0.6) is 23.0 Å². The lowest BCUT2D eigenvalue weighted by Gasteiger charge is -2.12. The number of pyridine rings is 1. The molecule has 2 aromatic carbocycles. The monoisotopic (exact) mass is 365 g/mol. The van der Waals surface area contributed by atoms with Crippen LogP contribution in [0.1, 0.15) is 15.9 Å². The van der Waals surface area contributed by atoms with Crippen LogP contribution < -0.4 is 14.2 Å². The van der Waals surface area contributed by atoms with E-state index in [-0.39, 0.29) is 6.61 Å². The zero-order valence-electron chi connectivity index (χ0n) is 15.0. The van der Waals surface area contributed by atoms with E-state index in [1.165, 1.54) is 14.2 Å². The fourth-order valence-corrected chi connectivity index (χ4v) is 2.41. The summed E-state index contributed by atoms with van der Waals surface area (Å²) in [5, 5.41) is 0. The Kier molecular flexibility index (Phi) is 5.89. The molecule has 0 saturated heterocycles. The standard InChI is InChI=1S/C21H19NO5/c1-24-18-10-16(11-19(12-18)25-2)21(23)26-14-15-6-3-4-8-20(15)27-17-7-5-9-22-13-17/h3-13H,14H2,1-2H3. The smallest absolute Gasteiger partial charge is 0.338 e. The van der Waals surface area contributed by atoms with Crippen LogP contribution in [-0.4, -0.2) is 25.2 Å². The van der Waals surface area contributed by atoms with E-state index < -0.39 is 5.97 Å². The van der Waals surface area contributed by atoms with Crippen molar-refractivity contribution in [2.45, 2.75) is 6.61 Å². The molecule has 0 aliphatic rings. The number of esters is 1. The molecule has 0 aliphatic heterocycles. The van der Waals surface area contributed by atoms with Crippen LogP contribution in [0.25, 0.3) is 0 Å². The van der Waals surface area contributed by atoms with Crippen LogP contribution in [0, 0.1) is 0 Å². The molecule has 27 heavy (non-hydrogen) atoms. The predicted octanol–water partition coefficient (Wildman–Crippen LogP) is 4.25. The van der Waals surface area contributed by atoms with Gasteiger partial charge in [-0.25, -0.2) is 4.79 Å². The van der Waals surface area contributed by atoms with E-state index >= 15 is 0 Å². The molecule has 0 spiro atoms. The number of carbonyl (C=O) groups excluding carboxylic acids is 1. The lowest BCUT2D eigenvalue weighted by atomic mass is 10.2. The number of hydrogen-bond acceptors (Lipinski definition) is 6. The molecular weight excluding hydrogens is 346 g/mol. The van der Waals surface area contributed by atoms with Gasteiger partial charge in [-0.3, -0.25) is 4.98 Å². The lowest BCUT2D eigenvalue weighted by Crippen LogP contribution is -2.06. The van der Waals surface area contributed by atoms with Crippen molar-refractivity contribution in [3.05, 3.63) is 78.1 Å². The molecule has 0 fully saturated rings. The summed E-state index contributed by atoms with van der Waals surface area (Å²) < 4.78 is 21.6. The Labute approximate surface area is 157 Å². The van der Waals surface area contributed by atoms with Crippen molar-refractivity contribution < 1.29 is 23.7 Å². The van der Waals surface area contributed by atoms with Crippen LogP contribution in [0.4, 0.5) is 0 Å². The van der Waals surface area contributed by atoms with Crippen LogP contribution in [-0.2, 0) is 11.3 Å². The van der Waals surface area contributed by atoms with Crippen molar-refractivity contribution in [3.8, 4) is 23.0 Å². The summed E-state index contributed by atoms with van der Waals surface area (Å²) in [7, 11) is 3.05. The fraction of sp³-hybridized carbons (Fsp3) is 0.143. The summed E-state index contributed by atoms with van der Waals surface area (Å²) in [5.74, 6) is 1.75. The number of aromatic nitrogens is 1. The second kappa shape index (κ2) is 8.71. The maximum atomic E-state index is 12.4. The van der Waals surface area contributed by atoms with Gasteiger partial charge in [-0.05, 0) is 30.3 Å². The zero-order chi connectivity index (χ0) is 19.1. The molecule has 6 heteroatoms. The normalized spacial score (nSPS) is 10.1. The highest BCUT2D eigenvalue weighted by Crippen LogP contribution is 2.26. The van der Waals surface area contributed by atoms with Gasteiger partial charge in [-0.2, -0.15) is 0 Å². The lowest BCUT2D eigenvalue weighted by molar-refractivity contribution is 0.0470. The zero-order valence-corrected chi connectivity index (χ0v) is 15.0. The van der Waals surface area contributed by atoms with Gasteiger partial charge in [0.25, 0.3) is 0 Å². The summed E-state index contributed by atoms with van der Waals surface area (Å²) in [6.07, 6.45) is 3.29. The average Bonchev–Trinajstić information content (AvgIpc) is 2.73. The van der Waals surface area contributed by atoms with Crippen molar-refractivity contribution in [1.82, 2.24) is 4.98 Å².